The van der Waals surface area contributed by atoms with E-state index in [9.17, 15) is 4.79 Å². The van der Waals surface area contributed by atoms with Crippen molar-refractivity contribution in [3.05, 3.63) is 12.7 Å². The van der Waals surface area contributed by atoms with E-state index in [1.807, 2.05) is 6.92 Å². The first-order valence-corrected chi connectivity index (χ1v) is 5.49. The smallest absolute Gasteiger partial charge is 0.303 e. The van der Waals surface area contributed by atoms with Crippen molar-refractivity contribution in [1.82, 2.24) is 0 Å². The molecule has 82 valence electrons. The summed E-state index contributed by atoms with van der Waals surface area (Å²) in [6.07, 6.45) is 9.50. The second-order valence-electron chi connectivity index (χ2n) is 3.84. The van der Waals surface area contributed by atoms with Crippen molar-refractivity contribution in [2.45, 2.75) is 51.9 Å². The molecule has 1 aliphatic rings. The maximum absolute atomic E-state index is 10.2. The molecule has 0 spiro atoms. The molecule has 0 aromatic rings. The molecule has 0 amide bonds. The zero-order valence-corrected chi connectivity index (χ0v) is 9.17. The lowest BCUT2D eigenvalue weighted by atomic mass is 9.86. The van der Waals surface area contributed by atoms with Gasteiger partial charge < -0.3 is 5.11 Å². The zero-order chi connectivity index (χ0) is 10.8. The molecule has 1 fully saturated rings. The molecular weight excluding hydrogens is 176 g/mol. The number of carbonyl (C=O) groups is 1. The number of rotatable bonds is 3. The Hall–Kier alpha value is -0.790. The number of carboxylic acids is 1. The van der Waals surface area contributed by atoms with E-state index in [4.69, 9.17) is 5.11 Å². The van der Waals surface area contributed by atoms with E-state index in [-0.39, 0.29) is 0 Å². The Morgan fingerprint density at radius 3 is 2.36 bits per heavy atom. The zero-order valence-electron chi connectivity index (χ0n) is 9.17. The molecule has 0 atom stereocenters. The lowest BCUT2D eigenvalue weighted by molar-refractivity contribution is -0.137. The molecule has 2 heteroatoms. The average Bonchev–Trinajstić information content (AvgIpc) is 2.18. The third kappa shape index (κ3) is 7.84. The van der Waals surface area contributed by atoms with Crippen molar-refractivity contribution >= 4 is 5.97 Å². The van der Waals surface area contributed by atoms with Gasteiger partial charge in [-0.25, -0.2) is 0 Å². The number of hydrogen-bond donors (Lipinski definition) is 1. The maximum Gasteiger partial charge on any atom is 0.303 e. The molecular formula is C12H22O2. The second kappa shape index (κ2) is 8.79. The Kier molecular flexibility index (Phi) is 8.30. The Bertz CT molecular complexity index is 158. The van der Waals surface area contributed by atoms with Gasteiger partial charge in [0.15, 0.2) is 0 Å². The van der Waals surface area contributed by atoms with Gasteiger partial charge in [-0.05, 0) is 19.3 Å². The summed E-state index contributed by atoms with van der Waals surface area (Å²) in [5.41, 5.74) is 0. The first kappa shape index (κ1) is 13.2. The minimum Gasteiger partial charge on any atom is -0.481 e. The van der Waals surface area contributed by atoms with Gasteiger partial charge in [0.2, 0.25) is 0 Å². The summed E-state index contributed by atoms with van der Waals surface area (Å²) in [6, 6.07) is 0. The first-order chi connectivity index (χ1) is 6.70. The molecule has 14 heavy (non-hydrogen) atoms. The number of carboxylic acid groups (broad SMARTS) is 1. The van der Waals surface area contributed by atoms with Gasteiger partial charge in [-0.15, -0.1) is 6.58 Å². The molecule has 1 saturated carbocycles. The van der Waals surface area contributed by atoms with Crippen molar-refractivity contribution < 1.29 is 9.90 Å². The van der Waals surface area contributed by atoms with Gasteiger partial charge in [-0.3, -0.25) is 4.79 Å². The van der Waals surface area contributed by atoms with Gasteiger partial charge in [-0.1, -0.05) is 38.2 Å². The molecule has 1 aliphatic carbocycles. The third-order valence-corrected chi connectivity index (χ3v) is 2.49. The molecule has 0 aromatic carbocycles. The van der Waals surface area contributed by atoms with Crippen LogP contribution in [0.25, 0.3) is 0 Å². The summed E-state index contributed by atoms with van der Waals surface area (Å²) in [7, 11) is 0. The van der Waals surface area contributed by atoms with Crippen LogP contribution in [-0.4, -0.2) is 11.1 Å². The predicted molar refractivity (Wildman–Crippen MR) is 59.3 cm³/mol. The van der Waals surface area contributed by atoms with Crippen LogP contribution in [0.1, 0.15) is 51.9 Å². The molecule has 0 aliphatic heterocycles. The van der Waals surface area contributed by atoms with Crippen molar-refractivity contribution in [1.29, 1.82) is 0 Å². The second-order valence-corrected chi connectivity index (χ2v) is 3.84. The average molecular weight is 198 g/mol. The summed E-state index contributed by atoms with van der Waals surface area (Å²) in [4.78, 5) is 10.2. The summed E-state index contributed by atoms with van der Waals surface area (Å²) in [6.45, 7) is 5.25. The largest absolute Gasteiger partial charge is 0.481 e. The van der Waals surface area contributed by atoms with Crippen LogP contribution in [0.3, 0.4) is 0 Å². The van der Waals surface area contributed by atoms with Crippen LogP contribution in [0.15, 0.2) is 12.7 Å². The van der Waals surface area contributed by atoms with Crippen LogP contribution >= 0.6 is 0 Å². The summed E-state index contributed by atoms with van der Waals surface area (Å²) >= 11 is 0. The summed E-state index contributed by atoms with van der Waals surface area (Å²) < 4.78 is 0. The highest BCUT2D eigenvalue weighted by atomic mass is 16.4. The Labute approximate surface area is 87.0 Å². The third-order valence-electron chi connectivity index (χ3n) is 2.49. The normalized spacial score (nSPS) is 16.6. The van der Waals surface area contributed by atoms with Crippen molar-refractivity contribution in [3.63, 3.8) is 0 Å². The highest BCUT2D eigenvalue weighted by molar-refractivity contribution is 5.66. The Balaban J connectivity index is 0.000000500. The fraction of sp³-hybridized carbons (Fsp3) is 0.750. The molecule has 0 saturated heterocycles. The van der Waals surface area contributed by atoms with Crippen LogP contribution in [-0.2, 0) is 4.79 Å². The Morgan fingerprint density at radius 1 is 1.43 bits per heavy atom. The highest BCUT2D eigenvalue weighted by Crippen LogP contribution is 2.26. The lowest BCUT2D eigenvalue weighted by Crippen LogP contribution is -2.08. The van der Waals surface area contributed by atoms with Gasteiger partial charge in [-0.2, -0.15) is 0 Å². The minimum atomic E-state index is -0.643. The molecule has 0 unspecified atom stereocenters. The molecule has 0 aromatic heterocycles. The molecule has 2 nitrogen and oxygen atoms in total. The minimum absolute atomic E-state index is 0.366. The van der Waals surface area contributed by atoms with Crippen molar-refractivity contribution in [3.8, 4) is 0 Å². The van der Waals surface area contributed by atoms with E-state index >= 15 is 0 Å². The van der Waals surface area contributed by atoms with Crippen molar-refractivity contribution in [2.24, 2.45) is 5.92 Å². The van der Waals surface area contributed by atoms with Gasteiger partial charge in [0.1, 0.15) is 0 Å². The van der Waals surface area contributed by atoms with Gasteiger partial charge >= 0.3 is 5.97 Å². The van der Waals surface area contributed by atoms with E-state index < -0.39 is 5.97 Å². The predicted octanol–water partition coefficient (Wildman–Crippen LogP) is 3.62. The van der Waals surface area contributed by atoms with Gasteiger partial charge in [0, 0.05) is 6.42 Å². The SMILES string of the molecule is C=CC.O=C(O)CCC1CCCCC1. The van der Waals surface area contributed by atoms with E-state index in [0.717, 1.165) is 6.42 Å². The van der Waals surface area contributed by atoms with Crippen LogP contribution in [0.5, 0.6) is 0 Å². The topological polar surface area (TPSA) is 37.3 Å². The first-order valence-electron chi connectivity index (χ1n) is 5.49. The van der Waals surface area contributed by atoms with E-state index in [1.54, 1.807) is 6.08 Å². The Morgan fingerprint density at radius 2 is 1.93 bits per heavy atom. The van der Waals surface area contributed by atoms with E-state index in [2.05, 4.69) is 6.58 Å². The van der Waals surface area contributed by atoms with Crippen LogP contribution in [0, 0.1) is 5.92 Å². The monoisotopic (exact) mass is 198 g/mol. The van der Waals surface area contributed by atoms with Crippen molar-refractivity contribution in [2.75, 3.05) is 0 Å². The number of hydrogen-bond acceptors (Lipinski definition) is 1. The van der Waals surface area contributed by atoms with Gasteiger partial charge in [0.05, 0.1) is 0 Å². The fourth-order valence-corrected chi connectivity index (χ4v) is 1.80. The van der Waals surface area contributed by atoms with Crippen LogP contribution in [0.4, 0.5) is 0 Å². The van der Waals surface area contributed by atoms with E-state index in [1.165, 1.54) is 32.1 Å². The van der Waals surface area contributed by atoms with E-state index in [0.29, 0.717) is 12.3 Å². The van der Waals surface area contributed by atoms with Crippen LogP contribution in [0.2, 0.25) is 0 Å². The summed E-state index contributed by atoms with van der Waals surface area (Å²) in [5, 5.41) is 8.44. The highest BCUT2D eigenvalue weighted by Gasteiger charge is 2.13. The molecule has 1 rings (SSSR count). The van der Waals surface area contributed by atoms with Gasteiger partial charge in [0.25, 0.3) is 0 Å². The number of aliphatic carboxylic acids is 1. The quantitative estimate of drug-likeness (QED) is 0.703. The molecule has 0 bridgehead atoms. The standard InChI is InChI=1S/C9H16O2.C3H6/c10-9(11)7-6-8-4-2-1-3-5-8;1-3-2/h8H,1-7H2,(H,10,11);3H,1H2,2H3. The summed E-state index contributed by atoms with van der Waals surface area (Å²) in [5.74, 6) is 0.0652. The molecule has 0 radical (unpaired) electrons. The lowest BCUT2D eigenvalue weighted by Gasteiger charge is -2.20. The number of allylic oxidation sites excluding steroid dienone is 1. The fourth-order valence-electron chi connectivity index (χ4n) is 1.80. The molecule has 1 N–H and O–H groups in total. The van der Waals surface area contributed by atoms with Crippen LogP contribution < -0.4 is 0 Å². The maximum atomic E-state index is 10.2. The molecule has 0 heterocycles.